The van der Waals surface area contributed by atoms with Gasteiger partial charge in [0.25, 0.3) is 0 Å². The Kier molecular flexibility index (Phi) is 4.22. The molecular weight excluding hydrogens is 232 g/mol. The van der Waals surface area contributed by atoms with Gasteiger partial charge in [-0.2, -0.15) is 8.78 Å². The summed E-state index contributed by atoms with van der Waals surface area (Å²) in [6, 6.07) is 1.42. The van der Waals surface area contributed by atoms with E-state index in [1.165, 1.54) is 44.3 Å². The molecule has 1 atom stereocenters. The molecule has 0 saturated heterocycles. The molecule has 1 aromatic rings. The van der Waals surface area contributed by atoms with E-state index in [0.29, 0.717) is 0 Å². The molecule has 0 amide bonds. The van der Waals surface area contributed by atoms with Gasteiger partial charge < -0.3 is 9.15 Å². The molecule has 0 radical (unpaired) electrons. The highest BCUT2D eigenvalue weighted by molar-refractivity contribution is 5.78. The van der Waals surface area contributed by atoms with Gasteiger partial charge in [0.1, 0.15) is 11.8 Å². The number of carbonyl (C=O) groups excluding carboxylic acids is 1. The molecule has 0 aliphatic carbocycles. The predicted molar refractivity (Wildman–Crippen MR) is 56.7 cm³/mol. The molecule has 1 unspecified atom stereocenters. The number of ether oxygens (including phenoxy) is 1. The fraction of sp³-hybridized carbons (Fsp3) is 0.545. The first-order valence-electron chi connectivity index (χ1n) is 5.16. The average Bonchev–Trinajstić information content (AvgIpc) is 2.70. The zero-order chi connectivity index (χ0) is 13.1. The van der Waals surface area contributed by atoms with Crippen LogP contribution < -0.4 is 0 Å². The predicted octanol–water partition coefficient (Wildman–Crippen LogP) is 2.08. The molecule has 17 heavy (non-hydrogen) atoms. The van der Waals surface area contributed by atoms with Gasteiger partial charge in [0, 0.05) is 0 Å². The van der Waals surface area contributed by atoms with E-state index in [2.05, 4.69) is 4.74 Å². The standard InChI is InChI=1S/C11H15F2NO3/c1-4-16-10(15)11(12,13)9(14(2)3)8-6-5-7-17-8/h5-7,9H,4H2,1-3H3. The van der Waals surface area contributed by atoms with Gasteiger partial charge in [0.05, 0.1) is 12.9 Å². The van der Waals surface area contributed by atoms with E-state index in [4.69, 9.17) is 4.42 Å². The lowest BCUT2D eigenvalue weighted by molar-refractivity contribution is -0.182. The Labute approximate surface area is 98.1 Å². The number of nitrogens with zero attached hydrogens (tertiary/aromatic N) is 1. The molecule has 0 aliphatic heterocycles. The summed E-state index contributed by atoms with van der Waals surface area (Å²) in [5, 5.41) is 0. The van der Waals surface area contributed by atoms with Gasteiger partial charge in [-0.15, -0.1) is 0 Å². The minimum atomic E-state index is -3.66. The second-order valence-electron chi connectivity index (χ2n) is 3.73. The van der Waals surface area contributed by atoms with Gasteiger partial charge in [-0.25, -0.2) is 4.79 Å². The average molecular weight is 247 g/mol. The third kappa shape index (κ3) is 2.82. The highest BCUT2D eigenvalue weighted by Crippen LogP contribution is 2.36. The smallest absolute Gasteiger partial charge is 0.379 e. The van der Waals surface area contributed by atoms with Crippen molar-refractivity contribution in [3.05, 3.63) is 24.2 Å². The van der Waals surface area contributed by atoms with Crippen LogP contribution in [0.3, 0.4) is 0 Å². The van der Waals surface area contributed by atoms with Crippen LogP contribution in [0.2, 0.25) is 0 Å². The van der Waals surface area contributed by atoms with Crippen molar-refractivity contribution >= 4 is 5.97 Å². The molecule has 1 rings (SSSR count). The molecule has 0 saturated carbocycles. The third-order valence-corrected chi connectivity index (χ3v) is 2.22. The van der Waals surface area contributed by atoms with Crippen LogP contribution in [0.1, 0.15) is 18.7 Å². The van der Waals surface area contributed by atoms with Crippen LogP contribution in [0.5, 0.6) is 0 Å². The molecule has 0 fully saturated rings. The number of halogens is 2. The van der Waals surface area contributed by atoms with Crippen molar-refractivity contribution < 1.29 is 22.7 Å². The number of hydrogen-bond acceptors (Lipinski definition) is 4. The van der Waals surface area contributed by atoms with Crippen LogP contribution in [0.15, 0.2) is 22.8 Å². The lowest BCUT2D eigenvalue weighted by Gasteiger charge is -2.28. The number of carbonyl (C=O) groups is 1. The van der Waals surface area contributed by atoms with E-state index >= 15 is 0 Å². The maximum absolute atomic E-state index is 13.9. The van der Waals surface area contributed by atoms with E-state index < -0.39 is 17.9 Å². The second-order valence-corrected chi connectivity index (χ2v) is 3.73. The van der Waals surface area contributed by atoms with Crippen molar-refractivity contribution in [1.82, 2.24) is 4.90 Å². The van der Waals surface area contributed by atoms with Crippen molar-refractivity contribution in [2.45, 2.75) is 18.9 Å². The van der Waals surface area contributed by atoms with E-state index in [1.807, 2.05) is 0 Å². The fourth-order valence-electron chi connectivity index (χ4n) is 1.54. The van der Waals surface area contributed by atoms with Gasteiger partial charge in [0.15, 0.2) is 0 Å². The summed E-state index contributed by atoms with van der Waals surface area (Å²) >= 11 is 0. The summed E-state index contributed by atoms with van der Waals surface area (Å²) in [6.45, 7) is 1.39. The summed E-state index contributed by atoms with van der Waals surface area (Å²) in [4.78, 5) is 12.5. The zero-order valence-electron chi connectivity index (χ0n) is 9.94. The fourth-order valence-corrected chi connectivity index (χ4v) is 1.54. The first-order chi connectivity index (χ1) is 7.91. The Hall–Kier alpha value is -1.43. The molecule has 96 valence electrons. The molecule has 1 aromatic heterocycles. The first kappa shape index (κ1) is 13.6. The summed E-state index contributed by atoms with van der Waals surface area (Å²) in [6.07, 6.45) is 1.28. The third-order valence-electron chi connectivity index (χ3n) is 2.22. The van der Waals surface area contributed by atoms with Crippen LogP contribution in [0.4, 0.5) is 8.78 Å². The lowest BCUT2D eigenvalue weighted by atomic mass is 10.1. The van der Waals surface area contributed by atoms with Gasteiger partial charge in [0.2, 0.25) is 0 Å². The van der Waals surface area contributed by atoms with Gasteiger partial charge >= 0.3 is 11.9 Å². The van der Waals surface area contributed by atoms with Crippen molar-refractivity contribution in [1.29, 1.82) is 0 Å². The van der Waals surface area contributed by atoms with Crippen molar-refractivity contribution in [2.75, 3.05) is 20.7 Å². The molecule has 4 nitrogen and oxygen atoms in total. The molecular formula is C11H15F2NO3. The molecule has 0 N–H and O–H groups in total. The van der Waals surface area contributed by atoms with Crippen molar-refractivity contribution in [3.8, 4) is 0 Å². The normalized spacial score (nSPS) is 13.8. The van der Waals surface area contributed by atoms with Crippen LogP contribution >= 0.6 is 0 Å². The van der Waals surface area contributed by atoms with E-state index in [1.54, 1.807) is 0 Å². The lowest BCUT2D eigenvalue weighted by Crippen LogP contribution is -2.43. The summed E-state index contributed by atoms with van der Waals surface area (Å²) in [7, 11) is 2.89. The highest BCUT2D eigenvalue weighted by atomic mass is 19.3. The molecule has 0 aliphatic rings. The topological polar surface area (TPSA) is 42.7 Å². The Morgan fingerprint density at radius 1 is 1.59 bits per heavy atom. The number of esters is 1. The van der Waals surface area contributed by atoms with Crippen molar-refractivity contribution in [2.24, 2.45) is 0 Å². The molecule has 6 heteroatoms. The summed E-state index contributed by atoms with van der Waals surface area (Å²) in [5.74, 6) is -5.18. The second kappa shape index (κ2) is 5.27. The number of furan rings is 1. The molecule has 0 aromatic carbocycles. The Morgan fingerprint density at radius 3 is 2.65 bits per heavy atom. The maximum Gasteiger partial charge on any atom is 0.379 e. The zero-order valence-corrected chi connectivity index (χ0v) is 9.94. The van der Waals surface area contributed by atoms with Crippen LogP contribution in [-0.2, 0) is 9.53 Å². The minimum Gasteiger partial charge on any atom is -0.467 e. The number of hydrogen-bond donors (Lipinski definition) is 0. The monoisotopic (exact) mass is 247 g/mol. The Morgan fingerprint density at radius 2 is 2.24 bits per heavy atom. The highest BCUT2D eigenvalue weighted by Gasteiger charge is 2.52. The summed E-state index contributed by atoms with van der Waals surface area (Å²) in [5.41, 5.74) is 0. The Balaban J connectivity index is 3.02. The first-order valence-corrected chi connectivity index (χ1v) is 5.16. The van der Waals surface area contributed by atoms with Gasteiger partial charge in [-0.05, 0) is 33.2 Å². The van der Waals surface area contributed by atoms with E-state index in [-0.39, 0.29) is 12.4 Å². The maximum atomic E-state index is 13.9. The molecule has 0 bridgehead atoms. The molecule has 0 spiro atoms. The molecule has 1 heterocycles. The number of alkyl halides is 2. The largest absolute Gasteiger partial charge is 0.467 e. The summed E-state index contributed by atoms with van der Waals surface area (Å²) < 4.78 is 37.1. The van der Waals surface area contributed by atoms with Gasteiger partial charge in [-0.3, -0.25) is 4.90 Å². The van der Waals surface area contributed by atoms with Gasteiger partial charge in [-0.1, -0.05) is 0 Å². The van der Waals surface area contributed by atoms with Crippen LogP contribution in [0, 0.1) is 0 Å². The minimum absolute atomic E-state index is 0.0213. The SMILES string of the molecule is CCOC(=O)C(F)(F)C(c1ccco1)N(C)C. The van der Waals surface area contributed by atoms with Crippen LogP contribution in [0.25, 0.3) is 0 Å². The Bertz CT molecular complexity index is 363. The quantitative estimate of drug-likeness (QED) is 0.747. The number of rotatable bonds is 5. The van der Waals surface area contributed by atoms with Crippen LogP contribution in [-0.4, -0.2) is 37.5 Å². The van der Waals surface area contributed by atoms with E-state index in [0.717, 1.165) is 0 Å². The van der Waals surface area contributed by atoms with Crippen molar-refractivity contribution in [3.63, 3.8) is 0 Å². The van der Waals surface area contributed by atoms with E-state index in [9.17, 15) is 13.6 Å².